The molecule has 2 atom stereocenters. The van der Waals surface area contributed by atoms with Gasteiger partial charge in [-0.25, -0.2) is 0 Å². The van der Waals surface area contributed by atoms with Crippen LogP contribution in [-0.2, 0) is 0 Å². The first-order valence-corrected chi connectivity index (χ1v) is 8.02. The molecule has 1 heterocycles. The van der Waals surface area contributed by atoms with Crippen LogP contribution in [0.5, 0.6) is 0 Å². The normalized spacial score (nSPS) is 15.2. The van der Waals surface area contributed by atoms with E-state index in [-0.39, 0.29) is 6.04 Å². The molecule has 1 aromatic heterocycles. The van der Waals surface area contributed by atoms with Crippen molar-refractivity contribution in [2.45, 2.75) is 38.0 Å². The minimum atomic E-state index is 0.270. The van der Waals surface area contributed by atoms with Crippen LogP contribution in [0, 0.1) is 0 Å². The zero-order valence-corrected chi connectivity index (χ0v) is 12.4. The van der Waals surface area contributed by atoms with Gasteiger partial charge in [0.25, 0.3) is 0 Å². The van der Waals surface area contributed by atoms with E-state index in [1.54, 1.807) is 11.3 Å². The number of nitrogens with two attached hydrogens (primary N) is 1. The SMILES string of the molecule is CCCSC(c1cc(Br)cs1)C(N)CC. The number of rotatable bonds is 6. The second-order valence-electron chi connectivity index (χ2n) is 3.53. The first-order chi connectivity index (χ1) is 7.19. The highest BCUT2D eigenvalue weighted by atomic mass is 79.9. The molecule has 0 aromatic carbocycles. The lowest BCUT2D eigenvalue weighted by Crippen LogP contribution is -2.25. The Labute approximate surface area is 109 Å². The van der Waals surface area contributed by atoms with Crippen LogP contribution in [0.3, 0.4) is 0 Å². The van der Waals surface area contributed by atoms with Crippen LogP contribution >= 0.6 is 39.0 Å². The summed E-state index contributed by atoms with van der Waals surface area (Å²) >= 11 is 7.29. The molecule has 1 nitrogen and oxygen atoms in total. The third kappa shape index (κ3) is 4.10. The molecular weight excluding hydrogens is 290 g/mol. The van der Waals surface area contributed by atoms with Crippen LogP contribution in [0.25, 0.3) is 0 Å². The molecule has 0 saturated heterocycles. The van der Waals surface area contributed by atoms with Crippen LogP contribution in [0.1, 0.15) is 36.8 Å². The van der Waals surface area contributed by atoms with Gasteiger partial charge in [-0.1, -0.05) is 13.8 Å². The van der Waals surface area contributed by atoms with Crippen molar-refractivity contribution in [2.75, 3.05) is 5.75 Å². The second kappa shape index (κ2) is 6.94. The summed E-state index contributed by atoms with van der Waals surface area (Å²) < 4.78 is 1.17. The Morgan fingerprint density at radius 1 is 1.53 bits per heavy atom. The first kappa shape index (κ1) is 13.6. The minimum absolute atomic E-state index is 0.270. The van der Waals surface area contributed by atoms with Gasteiger partial charge in [0.1, 0.15) is 0 Å². The molecule has 0 amide bonds. The Kier molecular flexibility index (Phi) is 6.27. The summed E-state index contributed by atoms with van der Waals surface area (Å²) in [5.74, 6) is 1.19. The van der Waals surface area contributed by atoms with Gasteiger partial charge in [0.05, 0.1) is 5.25 Å². The maximum Gasteiger partial charge on any atom is 0.0542 e. The fourth-order valence-electron chi connectivity index (χ4n) is 1.35. The molecule has 0 fully saturated rings. The molecule has 2 unspecified atom stereocenters. The first-order valence-electron chi connectivity index (χ1n) is 5.30. The van der Waals surface area contributed by atoms with E-state index in [1.165, 1.54) is 21.5 Å². The average molecular weight is 308 g/mol. The Balaban J connectivity index is 2.71. The lowest BCUT2D eigenvalue weighted by atomic mass is 10.1. The Morgan fingerprint density at radius 3 is 2.73 bits per heavy atom. The van der Waals surface area contributed by atoms with Crippen molar-refractivity contribution in [1.82, 2.24) is 0 Å². The molecule has 0 saturated carbocycles. The quantitative estimate of drug-likeness (QED) is 0.841. The summed E-state index contributed by atoms with van der Waals surface area (Å²) in [6, 6.07) is 2.47. The predicted molar refractivity (Wildman–Crippen MR) is 75.8 cm³/mol. The molecule has 4 heteroatoms. The molecular formula is C11H18BrNS2. The van der Waals surface area contributed by atoms with E-state index in [9.17, 15) is 0 Å². The van der Waals surface area contributed by atoms with Crippen molar-refractivity contribution in [3.63, 3.8) is 0 Å². The van der Waals surface area contributed by atoms with Gasteiger partial charge in [-0.05, 0) is 40.6 Å². The lowest BCUT2D eigenvalue weighted by molar-refractivity contribution is 0.639. The van der Waals surface area contributed by atoms with E-state index < -0.39 is 0 Å². The minimum Gasteiger partial charge on any atom is -0.326 e. The van der Waals surface area contributed by atoms with Crippen molar-refractivity contribution >= 4 is 39.0 Å². The lowest BCUT2D eigenvalue weighted by Gasteiger charge is -2.21. The Hall–Kier alpha value is 0.490. The van der Waals surface area contributed by atoms with Crippen molar-refractivity contribution in [3.8, 4) is 0 Å². The fraction of sp³-hybridized carbons (Fsp3) is 0.636. The van der Waals surface area contributed by atoms with Crippen molar-refractivity contribution in [3.05, 3.63) is 20.8 Å². The van der Waals surface area contributed by atoms with E-state index in [2.05, 4.69) is 41.2 Å². The van der Waals surface area contributed by atoms with Crippen LogP contribution in [0.2, 0.25) is 0 Å². The molecule has 0 aliphatic carbocycles. The highest BCUT2D eigenvalue weighted by molar-refractivity contribution is 9.10. The summed E-state index contributed by atoms with van der Waals surface area (Å²) in [5.41, 5.74) is 6.17. The molecule has 0 spiro atoms. The zero-order valence-electron chi connectivity index (χ0n) is 9.20. The number of hydrogen-bond acceptors (Lipinski definition) is 3. The smallest absolute Gasteiger partial charge is 0.0542 e. The summed E-state index contributed by atoms with van der Waals surface area (Å²) in [6.45, 7) is 4.37. The molecule has 0 radical (unpaired) electrons. The van der Waals surface area contributed by atoms with E-state index in [1.807, 2.05) is 11.8 Å². The molecule has 0 aliphatic rings. The Bertz CT molecular complexity index is 288. The van der Waals surface area contributed by atoms with Crippen molar-refractivity contribution < 1.29 is 0 Å². The number of halogens is 1. The molecule has 1 aromatic rings. The third-order valence-corrected chi connectivity index (χ3v) is 5.76. The van der Waals surface area contributed by atoms with Gasteiger partial charge in [-0.3, -0.25) is 0 Å². The fourth-order valence-corrected chi connectivity index (χ4v) is 4.38. The van der Waals surface area contributed by atoms with Gasteiger partial charge in [-0.15, -0.1) is 11.3 Å². The Morgan fingerprint density at radius 2 is 2.27 bits per heavy atom. The van der Waals surface area contributed by atoms with Crippen LogP contribution in [0.15, 0.2) is 15.9 Å². The summed E-state index contributed by atoms with van der Waals surface area (Å²) in [7, 11) is 0. The standard InChI is InChI=1S/C11H18BrNS2/c1-3-5-14-11(9(13)4-2)10-6-8(12)7-15-10/h6-7,9,11H,3-5,13H2,1-2H3. The van der Waals surface area contributed by atoms with Gasteiger partial charge < -0.3 is 5.73 Å². The summed E-state index contributed by atoms with van der Waals surface area (Å²) in [4.78, 5) is 1.40. The predicted octanol–water partition coefficient (Wildman–Crippen LogP) is 4.43. The highest BCUT2D eigenvalue weighted by Gasteiger charge is 2.20. The molecule has 15 heavy (non-hydrogen) atoms. The van der Waals surface area contributed by atoms with Crippen molar-refractivity contribution in [1.29, 1.82) is 0 Å². The summed E-state index contributed by atoms with van der Waals surface area (Å²) in [6.07, 6.45) is 2.25. The molecule has 0 bridgehead atoms. The highest BCUT2D eigenvalue weighted by Crippen LogP contribution is 2.37. The average Bonchev–Trinajstić information content (AvgIpc) is 2.65. The second-order valence-corrected chi connectivity index (χ2v) is 6.64. The number of hydrogen-bond donors (Lipinski definition) is 1. The van der Waals surface area contributed by atoms with Crippen LogP contribution < -0.4 is 5.73 Å². The van der Waals surface area contributed by atoms with Gasteiger partial charge in [0.15, 0.2) is 0 Å². The van der Waals surface area contributed by atoms with E-state index in [0.29, 0.717) is 5.25 Å². The van der Waals surface area contributed by atoms with Gasteiger partial charge in [0.2, 0.25) is 0 Å². The largest absolute Gasteiger partial charge is 0.326 e. The van der Waals surface area contributed by atoms with Crippen molar-refractivity contribution in [2.24, 2.45) is 5.73 Å². The maximum atomic E-state index is 6.17. The zero-order chi connectivity index (χ0) is 11.3. The number of thiophene rings is 1. The van der Waals surface area contributed by atoms with E-state index >= 15 is 0 Å². The summed E-state index contributed by atoms with van der Waals surface area (Å²) in [5, 5.41) is 2.60. The molecule has 1 rings (SSSR count). The van der Waals surface area contributed by atoms with Gasteiger partial charge >= 0.3 is 0 Å². The molecule has 2 N–H and O–H groups in total. The monoisotopic (exact) mass is 307 g/mol. The van der Waals surface area contributed by atoms with Crippen LogP contribution in [-0.4, -0.2) is 11.8 Å². The van der Waals surface area contributed by atoms with Gasteiger partial charge in [0, 0.05) is 20.8 Å². The number of thioether (sulfide) groups is 1. The topological polar surface area (TPSA) is 26.0 Å². The molecule has 0 aliphatic heterocycles. The van der Waals surface area contributed by atoms with E-state index in [4.69, 9.17) is 5.73 Å². The van der Waals surface area contributed by atoms with Gasteiger partial charge in [-0.2, -0.15) is 11.8 Å². The third-order valence-electron chi connectivity index (χ3n) is 2.23. The maximum absolute atomic E-state index is 6.17. The van der Waals surface area contributed by atoms with E-state index in [0.717, 1.165) is 6.42 Å². The molecule has 86 valence electrons. The van der Waals surface area contributed by atoms with Crippen LogP contribution in [0.4, 0.5) is 0 Å².